The van der Waals surface area contributed by atoms with Gasteiger partial charge < -0.3 is 0 Å². The second kappa shape index (κ2) is 3.70. The molecule has 1 aliphatic rings. The lowest BCUT2D eigenvalue weighted by molar-refractivity contribution is -0.121. The van der Waals surface area contributed by atoms with Gasteiger partial charge >= 0.3 is 0 Å². The van der Waals surface area contributed by atoms with Gasteiger partial charge in [0.2, 0.25) is 0 Å². The third-order valence-electron chi connectivity index (χ3n) is 2.80. The van der Waals surface area contributed by atoms with Crippen molar-refractivity contribution in [2.45, 2.75) is 19.8 Å². The third kappa shape index (κ3) is 1.50. The molecule has 0 radical (unpaired) electrons. The molecule has 3 unspecified atom stereocenters. The molecule has 1 fully saturated rings. The van der Waals surface area contributed by atoms with Crippen LogP contribution in [0, 0.1) is 17.8 Å². The van der Waals surface area contributed by atoms with Gasteiger partial charge in [-0.25, -0.2) is 0 Å². The van der Waals surface area contributed by atoms with Crippen molar-refractivity contribution < 1.29 is 4.79 Å². The lowest BCUT2D eigenvalue weighted by atomic mass is 9.84. The number of carbonyl (C=O) groups excluding carboxylic acids is 1. The van der Waals surface area contributed by atoms with Crippen LogP contribution in [-0.2, 0) is 4.79 Å². The molecule has 1 aliphatic carbocycles. The fraction of sp³-hybridized carbons (Fsp3) is 0.545. The first kappa shape index (κ1) is 9.24. The van der Waals surface area contributed by atoms with Crippen molar-refractivity contribution in [3.8, 4) is 0 Å². The van der Waals surface area contributed by atoms with E-state index in [1.165, 1.54) is 0 Å². The standard InChI is InChI=1S/C11H16O/c1-4-8(3)11-9(5-2)6-7-10(11)12/h4-5,8-9,11H,1-2,6-7H2,3H3. The Morgan fingerprint density at radius 2 is 2.25 bits per heavy atom. The monoisotopic (exact) mass is 164 g/mol. The maximum absolute atomic E-state index is 11.4. The summed E-state index contributed by atoms with van der Waals surface area (Å²) >= 11 is 0. The van der Waals surface area contributed by atoms with Crippen molar-refractivity contribution in [2.24, 2.45) is 17.8 Å². The highest BCUT2D eigenvalue weighted by atomic mass is 16.1. The van der Waals surface area contributed by atoms with E-state index in [2.05, 4.69) is 20.1 Å². The summed E-state index contributed by atoms with van der Waals surface area (Å²) in [4.78, 5) is 11.4. The molecule has 0 aromatic carbocycles. The summed E-state index contributed by atoms with van der Waals surface area (Å²) in [7, 11) is 0. The van der Waals surface area contributed by atoms with Gasteiger partial charge in [0.05, 0.1) is 0 Å². The first-order valence-corrected chi connectivity index (χ1v) is 4.48. The highest BCUT2D eigenvalue weighted by Crippen LogP contribution is 2.35. The van der Waals surface area contributed by atoms with Crippen LogP contribution >= 0.6 is 0 Å². The molecule has 1 heteroatoms. The van der Waals surface area contributed by atoms with Crippen molar-refractivity contribution in [1.82, 2.24) is 0 Å². The normalized spacial score (nSPS) is 31.6. The molecule has 0 aromatic heterocycles. The Balaban J connectivity index is 2.75. The fourth-order valence-corrected chi connectivity index (χ4v) is 1.99. The Morgan fingerprint density at radius 1 is 1.58 bits per heavy atom. The van der Waals surface area contributed by atoms with Crippen LogP contribution in [0.4, 0.5) is 0 Å². The lowest BCUT2D eigenvalue weighted by Crippen LogP contribution is -2.19. The van der Waals surface area contributed by atoms with Crippen LogP contribution in [0.5, 0.6) is 0 Å². The molecule has 0 aliphatic heterocycles. The van der Waals surface area contributed by atoms with Gasteiger partial charge in [0.1, 0.15) is 5.78 Å². The van der Waals surface area contributed by atoms with Gasteiger partial charge in [-0.15, -0.1) is 13.2 Å². The molecule has 0 amide bonds. The summed E-state index contributed by atoms with van der Waals surface area (Å²) in [5, 5.41) is 0. The lowest BCUT2D eigenvalue weighted by Gasteiger charge is -2.18. The van der Waals surface area contributed by atoms with Crippen molar-refractivity contribution in [3.63, 3.8) is 0 Å². The smallest absolute Gasteiger partial charge is 0.137 e. The van der Waals surface area contributed by atoms with Crippen molar-refractivity contribution in [2.75, 3.05) is 0 Å². The Kier molecular flexibility index (Phi) is 2.85. The van der Waals surface area contributed by atoms with E-state index in [4.69, 9.17) is 0 Å². The average Bonchev–Trinajstić information content (AvgIpc) is 2.45. The second-order valence-corrected chi connectivity index (χ2v) is 3.53. The number of hydrogen-bond donors (Lipinski definition) is 0. The molecule has 3 atom stereocenters. The van der Waals surface area contributed by atoms with E-state index in [1.807, 2.05) is 12.2 Å². The summed E-state index contributed by atoms with van der Waals surface area (Å²) in [6.07, 6.45) is 5.48. The van der Waals surface area contributed by atoms with Crippen LogP contribution in [0.3, 0.4) is 0 Å². The molecule has 0 aromatic rings. The van der Waals surface area contributed by atoms with E-state index in [-0.39, 0.29) is 5.92 Å². The van der Waals surface area contributed by atoms with Crippen molar-refractivity contribution in [1.29, 1.82) is 0 Å². The van der Waals surface area contributed by atoms with Gasteiger partial charge in [0.25, 0.3) is 0 Å². The van der Waals surface area contributed by atoms with Crippen LogP contribution < -0.4 is 0 Å². The van der Waals surface area contributed by atoms with Gasteiger partial charge in [-0.1, -0.05) is 19.1 Å². The number of hydrogen-bond acceptors (Lipinski definition) is 1. The van der Waals surface area contributed by atoms with E-state index in [9.17, 15) is 4.79 Å². The molecular weight excluding hydrogens is 148 g/mol. The first-order valence-electron chi connectivity index (χ1n) is 4.48. The van der Waals surface area contributed by atoms with Crippen LogP contribution in [0.1, 0.15) is 19.8 Å². The predicted molar refractivity (Wildman–Crippen MR) is 50.8 cm³/mol. The second-order valence-electron chi connectivity index (χ2n) is 3.53. The highest BCUT2D eigenvalue weighted by molar-refractivity contribution is 5.84. The molecule has 1 saturated carbocycles. The Morgan fingerprint density at radius 3 is 2.75 bits per heavy atom. The highest BCUT2D eigenvalue weighted by Gasteiger charge is 2.35. The minimum absolute atomic E-state index is 0.153. The SMILES string of the molecule is C=CC(C)C1C(=O)CCC1C=C. The number of allylic oxidation sites excluding steroid dienone is 2. The largest absolute Gasteiger partial charge is 0.299 e. The Hall–Kier alpha value is -0.850. The maximum atomic E-state index is 11.4. The number of Topliss-reactive ketones (excluding diaryl/α,β-unsaturated/α-hetero) is 1. The van der Waals surface area contributed by atoms with E-state index < -0.39 is 0 Å². The van der Waals surface area contributed by atoms with E-state index in [0.29, 0.717) is 17.6 Å². The molecule has 12 heavy (non-hydrogen) atoms. The number of rotatable bonds is 3. The predicted octanol–water partition coefficient (Wildman–Crippen LogP) is 2.59. The molecule has 0 saturated heterocycles. The molecule has 0 bridgehead atoms. The van der Waals surface area contributed by atoms with Crippen LogP contribution in [0.15, 0.2) is 25.3 Å². The minimum atomic E-state index is 0.153. The van der Waals surface area contributed by atoms with Crippen LogP contribution in [-0.4, -0.2) is 5.78 Å². The molecular formula is C11H16O. The summed E-state index contributed by atoms with van der Waals surface area (Å²) in [6.45, 7) is 9.53. The number of ketones is 1. The van der Waals surface area contributed by atoms with Gasteiger partial charge in [-0.05, 0) is 18.3 Å². The third-order valence-corrected chi connectivity index (χ3v) is 2.80. The van der Waals surface area contributed by atoms with E-state index in [0.717, 1.165) is 12.8 Å². The molecule has 1 rings (SSSR count). The molecule has 0 N–H and O–H groups in total. The van der Waals surface area contributed by atoms with Crippen molar-refractivity contribution in [3.05, 3.63) is 25.3 Å². The van der Waals surface area contributed by atoms with Gasteiger partial charge in [0.15, 0.2) is 0 Å². The fourth-order valence-electron chi connectivity index (χ4n) is 1.99. The summed E-state index contributed by atoms with van der Waals surface area (Å²) < 4.78 is 0. The maximum Gasteiger partial charge on any atom is 0.137 e. The Labute approximate surface area is 74.2 Å². The van der Waals surface area contributed by atoms with Gasteiger partial charge in [0, 0.05) is 12.3 Å². The first-order chi connectivity index (χ1) is 5.70. The van der Waals surface area contributed by atoms with Crippen LogP contribution in [0.2, 0.25) is 0 Å². The van der Waals surface area contributed by atoms with Gasteiger partial charge in [-0.3, -0.25) is 4.79 Å². The molecule has 1 nitrogen and oxygen atoms in total. The average molecular weight is 164 g/mol. The van der Waals surface area contributed by atoms with E-state index >= 15 is 0 Å². The Bertz CT molecular complexity index is 205. The topological polar surface area (TPSA) is 17.1 Å². The van der Waals surface area contributed by atoms with Crippen LogP contribution in [0.25, 0.3) is 0 Å². The van der Waals surface area contributed by atoms with Gasteiger partial charge in [-0.2, -0.15) is 0 Å². The summed E-state index contributed by atoms with van der Waals surface area (Å²) in [5.74, 6) is 1.21. The number of carbonyl (C=O) groups is 1. The van der Waals surface area contributed by atoms with E-state index in [1.54, 1.807) is 0 Å². The minimum Gasteiger partial charge on any atom is -0.299 e. The summed E-state index contributed by atoms with van der Waals surface area (Å²) in [5.41, 5.74) is 0. The zero-order valence-electron chi connectivity index (χ0n) is 7.62. The van der Waals surface area contributed by atoms with Crippen molar-refractivity contribution >= 4 is 5.78 Å². The molecule has 0 heterocycles. The summed E-state index contributed by atoms with van der Waals surface area (Å²) in [6, 6.07) is 0. The zero-order chi connectivity index (χ0) is 9.14. The zero-order valence-corrected chi connectivity index (χ0v) is 7.62. The molecule has 66 valence electrons. The quantitative estimate of drug-likeness (QED) is 0.586. The molecule has 0 spiro atoms.